The van der Waals surface area contributed by atoms with E-state index in [1.807, 2.05) is 0 Å². The van der Waals surface area contributed by atoms with Crippen molar-refractivity contribution in [2.24, 2.45) is 5.92 Å². The summed E-state index contributed by atoms with van der Waals surface area (Å²) in [5.41, 5.74) is 0. The van der Waals surface area contributed by atoms with Crippen LogP contribution in [0.15, 0.2) is 0 Å². The zero-order valence-electron chi connectivity index (χ0n) is 9.71. The molecule has 2 saturated carbocycles. The molecule has 15 heavy (non-hydrogen) atoms. The molecular weight excluding hydrogens is 188 g/mol. The highest BCUT2D eigenvalue weighted by atomic mass is 16.8. The Hall–Kier alpha value is -0.0800. The summed E-state index contributed by atoms with van der Waals surface area (Å²) in [6.45, 7) is 2.34. The lowest BCUT2D eigenvalue weighted by molar-refractivity contribution is -0.198. The lowest BCUT2D eigenvalue weighted by atomic mass is 9.86. The third kappa shape index (κ3) is 1.83. The second-order valence-corrected chi connectivity index (χ2v) is 5.69. The Morgan fingerprint density at radius 2 is 1.40 bits per heavy atom. The molecule has 0 radical (unpaired) electrons. The molecule has 2 atom stereocenters. The zero-order valence-corrected chi connectivity index (χ0v) is 9.71. The molecule has 1 heterocycles. The maximum absolute atomic E-state index is 6.22. The van der Waals surface area contributed by atoms with Gasteiger partial charge in [-0.2, -0.15) is 0 Å². The van der Waals surface area contributed by atoms with Crippen molar-refractivity contribution in [3.05, 3.63) is 0 Å². The smallest absolute Gasteiger partial charge is 0.169 e. The minimum atomic E-state index is -0.161. The van der Waals surface area contributed by atoms with Crippen molar-refractivity contribution in [3.63, 3.8) is 0 Å². The summed E-state index contributed by atoms with van der Waals surface area (Å²) in [5, 5.41) is 0. The van der Waals surface area contributed by atoms with Gasteiger partial charge in [0.2, 0.25) is 0 Å². The molecule has 0 aromatic rings. The predicted octanol–water partition coefficient (Wildman–Crippen LogP) is 3.25. The third-order valence-electron chi connectivity index (χ3n) is 4.41. The van der Waals surface area contributed by atoms with Gasteiger partial charge >= 0.3 is 0 Å². The van der Waals surface area contributed by atoms with Gasteiger partial charge in [0.05, 0.1) is 12.2 Å². The van der Waals surface area contributed by atoms with Crippen LogP contribution in [0.25, 0.3) is 0 Å². The molecule has 1 spiro atoms. The van der Waals surface area contributed by atoms with E-state index in [1.54, 1.807) is 0 Å². The van der Waals surface area contributed by atoms with Crippen LogP contribution in [0.2, 0.25) is 0 Å². The number of hydrogen-bond acceptors (Lipinski definition) is 2. The van der Waals surface area contributed by atoms with E-state index in [4.69, 9.17) is 9.47 Å². The van der Waals surface area contributed by atoms with Gasteiger partial charge in [0.25, 0.3) is 0 Å². The Kier molecular flexibility index (Phi) is 2.52. The monoisotopic (exact) mass is 210 g/mol. The van der Waals surface area contributed by atoms with Crippen LogP contribution in [0.5, 0.6) is 0 Å². The van der Waals surface area contributed by atoms with Gasteiger partial charge in [0.15, 0.2) is 5.79 Å². The fraction of sp³-hybridized carbons (Fsp3) is 1.00. The summed E-state index contributed by atoms with van der Waals surface area (Å²) in [6.07, 6.45) is 10.8. The van der Waals surface area contributed by atoms with Gasteiger partial charge in [-0.1, -0.05) is 19.8 Å². The number of ether oxygens (including phenoxy) is 2. The van der Waals surface area contributed by atoms with E-state index in [2.05, 4.69) is 6.92 Å². The molecule has 0 amide bonds. The summed E-state index contributed by atoms with van der Waals surface area (Å²) in [7, 11) is 0. The predicted molar refractivity (Wildman–Crippen MR) is 58.6 cm³/mol. The van der Waals surface area contributed by atoms with Gasteiger partial charge in [-0.05, 0) is 31.6 Å². The fourth-order valence-electron chi connectivity index (χ4n) is 3.35. The highest BCUT2D eigenvalue weighted by Crippen LogP contribution is 2.45. The van der Waals surface area contributed by atoms with Crippen LogP contribution < -0.4 is 0 Å². The van der Waals surface area contributed by atoms with E-state index in [0.29, 0.717) is 12.2 Å². The Morgan fingerprint density at radius 1 is 0.867 bits per heavy atom. The summed E-state index contributed by atoms with van der Waals surface area (Å²) in [5.74, 6) is 0.706. The molecule has 0 aromatic carbocycles. The molecule has 3 aliphatic rings. The van der Waals surface area contributed by atoms with Crippen molar-refractivity contribution < 1.29 is 9.47 Å². The van der Waals surface area contributed by atoms with Crippen LogP contribution in [0.4, 0.5) is 0 Å². The topological polar surface area (TPSA) is 18.5 Å². The van der Waals surface area contributed by atoms with Gasteiger partial charge in [0.1, 0.15) is 0 Å². The number of rotatable bonds is 0. The van der Waals surface area contributed by atoms with E-state index in [0.717, 1.165) is 18.8 Å². The van der Waals surface area contributed by atoms with Crippen LogP contribution in [0.1, 0.15) is 58.3 Å². The second-order valence-electron chi connectivity index (χ2n) is 5.69. The van der Waals surface area contributed by atoms with Crippen LogP contribution in [-0.2, 0) is 9.47 Å². The van der Waals surface area contributed by atoms with E-state index < -0.39 is 0 Å². The molecule has 3 rings (SSSR count). The third-order valence-corrected chi connectivity index (χ3v) is 4.41. The molecule has 86 valence electrons. The number of hydrogen-bond donors (Lipinski definition) is 0. The molecule has 1 aliphatic heterocycles. The van der Waals surface area contributed by atoms with Gasteiger partial charge < -0.3 is 9.47 Å². The normalized spacial score (nSPS) is 50.6. The molecule has 0 unspecified atom stereocenters. The summed E-state index contributed by atoms with van der Waals surface area (Å²) >= 11 is 0. The van der Waals surface area contributed by atoms with Gasteiger partial charge in [0, 0.05) is 12.8 Å². The van der Waals surface area contributed by atoms with Crippen LogP contribution in [0, 0.1) is 5.92 Å². The van der Waals surface area contributed by atoms with E-state index >= 15 is 0 Å². The van der Waals surface area contributed by atoms with E-state index in [1.165, 1.54) is 38.5 Å². The Labute approximate surface area is 92.3 Å². The molecule has 0 N–H and O–H groups in total. The maximum Gasteiger partial charge on any atom is 0.169 e. The Balaban J connectivity index is 1.68. The van der Waals surface area contributed by atoms with Crippen molar-refractivity contribution in [2.75, 3.05) is 0 Å². The lowest BCUT2D eigenvalue weighted by Crippen LogP contribution is -2.35. The molecule has 0 aromatic heterocycles. The second kappa shape index (κ2) is 3.74. The molecule has 2 nitrogen and oxygen atoms in total. The summed E-state index contributed by atoms with van der Waals surface area (Å²) in [6, 6.07) is 0. The highest BCUT2D eigenvalue weighted by Gasteiger charge is 2.48. The van der Waals surface area contributed by atoms with E-state index in [-0.39, 0.29) is 5.79 Å². The van der Waals surface area contributed by atoms with Crippen molar-refractivity contribution in [2.45, 2.75) is 76.3 Å². The largest absolute Gasteiger partial charge is 0.344 e. The van der Waals surface area contributed by atoms with Crippen molar-refractivity contribution in [1.82, 2.24) is 0 Å². The average molecular weight is 210 g/mol. The van der Waals surface area contributed by atoms with Crippen LogP contribution in [0.3, 0.4) is 0 Å². The van der Waals surface area contributed by atoms with Crippen molar-refractivity contribution in [3.8, 4) is 0 Å². The maximum atomic E-state index is 6.22. The first-order valence-electron chi connectivity index (χ1n) is 6.63. The van der Waals surface area contributed by atoms with Crippen LogP contribution >= 0.6 is 0 Å². The summed E-state index contributed by atoms with van der Waals surface area (Å²) in [4.78, 5) is 0. The first-order chi connectivity index (χ1) is 7.27. The van der Waals surface area contributed by atoms with E-state index in [9.17, 15) is 0 Å². The molecular formula is C13H22O2. The Morgan fingerprint density at radius 3 is 1.93 bits per heavy atom. The Bertz CT molecular complexity index is 215. The first kappa shape index (κ1) is 10.1. The van der Waals surface area contributed by atoms with Crippen LogP contribution in [-0.4, -0.2) is 18.0 Å². The first-order valence-corrected chi connectivity index (χ1v) is 6.63. The van der Waals surface area contributed by atoms with Crippen molar-refractivity contribution >= 4 is 0 Å². The van der Waals surface area contributed by atoms with Gasteiger partial charge in [-0.3, -0.25) is 0 Å². The molecule has 2 aliphatic carbocycles. The molecule has 2 heteroatoms. The number of fused-ring (bicyclic) bond motifs is 1. The lowest BCUT2D eigenvalue weighted by Gasteiger charge is -2.34. The van der Waals surface area contributed by atoms with Gasteiger partial charge in [-0.25, -0.2) is 0 Å². The SMILES string of the molecule is CC1CCC2(CC1)O[C@H]1CCCC[C@@H]1O2. The van der Waals surface area contributed by atoms with Crippen molar-refractivity contribution in [1.29, 1.82) is 0 Å². The molecule has 0 bridgehead atoms. The standard InChI is InChI=1S/C13H22O2/c1-10-6-8-13(9-7-10)14-11-4-2-3-5-12(11)15-13/h10-12H,2-9H2,1H3/t11-,12-/m0/s1. The summed E-state index contributed by atoms with van der Waals surface area (Å²) < 4.78 is 12.4. The average Bonchev–Trinajstić information content (AvgIpc) is 2.61. The minimum Gasteiger partial charge on any atom is -0.344 e. The zero-order chi connectivity index (χ0) is 10.3. The fourth-order valence-corrected chi connectivity index (χ4v) is 3.35. The molecule has 3 fully saturated rings. The molecule has 1 saturated heterocycles. The minimum absolute atomic E-state index is 0.161. The highest BCUT2D eigenvalue weighted by molar-refractivity contribution is 4.90. The quantitative estimate of drug-likeness (QED) is 0.611. The van der Waals surface area contributed by atoms with Gasteiger partial charge in [-0.15, -0.1) is 0 Å².